The van der Waals surface area contributed by atoms with Crippen LogP contribution in [0.3, 0.4) is 0 Å². The molecule has 0 amide bonds. The van der Waals surface area contributed by atoms with Gasteiger partial charge >= 0.3 is 0 Å². The Morgan fingerprint density at radius 2 is 1.97 bits per heavy atom. The molecular formula is C21H18FN7O2S2. The summed E-state index contributed by atoms with van der Waals surface area (Å²) in [5.41, 5.74) is 0.502. The molecule has 12 heteroatoms. The highest BCUT2D eigenvalue weighted by Gasteiger charge is 2.15. The zero-order valence-electron chi connectivity index (χ0n) is 17.6. The lowest BCUT2D eigenvalue weighted by molar-refractivity contribution is 0.629. The smallest absolute Gasteiger partial charge is 0.268 e. The fourth-order valence-electron chi connectivity index (χ4n) is 3.28. The second kappa shape index (κ2) is 8.52. The van der Waals surface area contributed by atoms with Gasteiger partial charge in [-0.25, -0.2) is 23.9 Å². The Hall–Kier alpha value is -3.38. The number of nitrogens with one attached hydrogen (secondary N) is 1. The average Bonchev–Trinajstić information content (AvgIpc) is 3.34. The molecule has 168 valence electrons. The summed E-state index contributed by atoms with van der Waals surface area (Å²) < 4.78 is 17.1. The molecule has 0 fully saturated rings. The molecule has 0 aliphatic carbocycles. The third-order valence-corrected chi connectivity index (χ3v) is 6.61. The van der Waals surface area contributed by atoms with E-state index in [2.05, 4.69) is 39.0 Å². The van der Waals surface area contributed by atoms with Crippen molar-refractivity contribution >= 4 is 33.7 Å². The Morgan fingerprint density at radius 3 is 2.76 bits per heavy atom. The van der Waals surface area contributed by atoms with E-state index in [1.54, 1.807) is 18.2 Å². The van der Waals surface area contributed by atoms with Gasteiger partial charge in [0.15, 0.2) is 16.6 Å². The van der Waals surface area contributed by atoms with E-state index in [0.717, 1.165) is 11.4 Å². The standard InChI is InChI=1S/C21H18FN7O2S2/c1-11(2)7-17-27-29-18(31)8-12(23-21(29)33-17)10-32-20-25-19(13-5-3-4-6-14(13)22)24-15-9-16(30)26-28(15)20/h3-6,8-9,11H,7,10H2,1-2H3,(H,26,30). The van der Waals surface area contributed by atoms with Crippen LogP contribution in [0.2, 0.25) is 0 Å². The molecule has 0 bridgehead atoms. The van der Waals surface area contributed by atoms with Crippen LogP contribution < -0.4 is 11.1 Å². The fourth-order valence-corrected chi connectivity index (χ4v) is 5.26. The van der Waals surface area contributed by atoms with E-state index in [-0.39, 0.29) is 22.5 Å². The quantitative estimate of drug-likeness (QED) is 0.369. The van der Waals surface area contributed by atoms with Gasteiger partial charge in [-0.1, -0.05) is 49.1 Å². The zero-order valence-corrected chi connectivity index (χ0v) is 19.3. The van der Waals surface area contributed by atoms with E-state index in [4.69, 9.17) is 0 Å². The van der Waals surface area contributed by atoms with E-state index in [9.17, 15) is 14.0 Å². The second-order valence-electron chi connectivity index (χ2n) is 7.79. The molecule has 33 heavy (non-hydrogen) atoms. The molecule has 9 nitrogen and oxygen atoms in total. The summed E-state index contributed by atoms with van der Waals surface area (Å²) in [5.74, 6) is 0.438. The van der Waals surface area contributed by atoms with Gasteiger partial charge in [0.05, 0.1) is 11.3 Å². The first kappa shape index (κ1) is 21.5. The molecule has 0 unspecified atom stereocenters. The van der Waals surface area contributed by atoms with Crippen LogP contribution in [-0.2, 0) is 12.2 Å². The molecule has 1 aromatic carbocycles. The number of aromatic nitrogens is 7. The summed E-state index contributed by atoms with van der Waals surface area (Å²) in [5, 5.41) is 8.26. The maximum Gasteiger partial charge on any atom is 0.275 e. The topological polar surface area (TPSA) is 110 Å². The molecule has 0 aliphatic rings. The highest BCUT2D eigenvalue weighted by Crippen LogP contribution is 2.25. The SMILES string of the molecule is CC(C)Cc1nn2c(=O)cc(CSc3nc(-c4ccccc4F)nc4cc(=O)[nH]n34)nc2s1. The van der Waals surface area contributed by atoms with Gasteiger partial charge in [0, 0.05) is 24.3 Å². The lowest BCUT2D eigenvalue weighted by Crippen LogP contribution is -2.15. The zero-order chi connectivity index (χ0) is 23.1. The molecular weight excluding hydrogens is 465 g/mol. The largest absolute Gasteiger partial charge is 0.275 e. The maximum atomic E-state index is 14.3. The molecule has 0 atom stereocenters. The summed E-state index contributed by atoms with van der Waals surface area (Å²) in [6.07, 6.45) is 0.774. The van der Waals surface area contributed by atoms with Crippen LogP contribution in [0.1, 0.15) is 24.5 Å². The number of H-pyrrole nitrogens is 1. The normalized spacial score (nSPS) is 11.8. The van der Waals surface area contributed by atoms with Gasteiger partial charge in [-0.15, -0.1) is 0 Å². The molecule has 4 aromatic heterocycles. The monoisotopic (exact) mass is 483 g/mol. The summed E-state index contributed by atoms with van der Waals surface area (Å²) in [6.45, 7) is 4.18. The van der Waals surface area contributed by atoms with Gasteiger partial charge < -0.3 is 0 Å². The van der Waals surface area contributed by atoms with Crippen molar-refractivity contribution in [3.05, 3.63) is 73.6 Å². The Labute approximate surface area is 194 Å². The fraction of sp³-hybridized carbons (Fsp3) is 0.238. The van der Waals surface area contributed by atoms with Crippen LogP contribution >= 0.6 is 23.1 Å². The van der Waals surface area contributed by atoms with Crippen molar-refractivity contribution in [2.75, 3.05) is 0 Å². The van der Waals surface area contributed by atoms with E-state index in [1.165, 1.54) is 50.3 Å². The molecule has 0 saturated heterocycles. The first-order chi connectivity index (χ1) is 15.9. The van der Waals surface area contributed by atoms with Gasteiger partial charge in [0.25, 0.3) is 11.1 Å². The number of hydrogen-bond acceptors (Lipinski definition) is 8. The van der Waals surface area contributed by atoms with Crippen molar-refractivity contribution in [2.24, 2.45) is 5.92 Å². The number of hydrogen-bond donors (Lipinski definition) is 1. The third kappa shape index (κ3) is 4.31. The molecule has 4 heterocycles. The van der Waals surface area contributed by atoms with E-state index in [1.807, 2.05) is 0 Å². The van der Waals surface area contributed by atoms with Crippen LogP contribution in [0.15, 0.2) is 51.1 Å². The van der Waals surface area contributed by atoms with E-state index in [0.29, 0.717) is 33.1 Å². The molecule has 0 aliphatic heterocycles. The molecule has 0 saturated carbocycles. The molecule has 5 aromatic rings. The number of thioether (sulfide) groups is 1. The van der Waals surface area contributed by atoms with Crippen LogP contribution in [0.5, 0.6) is 0 Å². The lowest BCUT2D eigenvalue weighted by Gasteiger charge is -2.08. The van der Waals surface area contributed by atoms with Gasteiger partial charge in [0.1, 0.15) is 10.8 Å². The minimum absolute atomic E-state index is 0.166. The van der Waals surface area contributed by atoms with Crippen molar-refractivity contribution in [1.82, 2.24) is 34.2 Å². The van der Waals surface area contributed by atoms with E-state index >= 15 is 0 Å². The molecule has 0 spiro atoms. The number of fused-ring (bicyclic) bond motifs is 2. The predicted molar refractivity (Wildman–Crippen MR) is 124 cm³/mol. The van der Waals surface area contributed by atoms with Crippen LogP contribution in [0, 0.1) is 11.7 Å². The van der Waals surface area contributed by atoms with Crippen molar-refractivity contribution in [1.29, 1.82) is 0 Å². The number of halogens is 1. The molecule has 0 radical (unpaired) electrons. The number of aromatic amines is 1. The van der Waals surface area contributed by atoms with Crippen molar-refractivity contribution in [3.63, 3.8) is 0 Å². The minimum Gasteiger partial charge on any atom is -0.268 e. The highest BCUT2D eigenvalue weighted by atomic mass is 32.2. The van der Waals surface area contributed by atoms with Gasteiger partial charge in [-0.2, -0.15) is 9.61 Å². The third-order valence-electron chi connectivity index (χ3n) is 4.71. The molecule has 1 N–H and O–H groups in total. The Bertz CT molecular complexity index is 1600. The second-order valence-corrected chi connectivity index (χ2v) is 9.77. The predicted octanol–water partition coefficient (Wildman–Crippen LogP) is 3.18. The van der Waals surface area contributed by atoms with Crippen molar-refractivity contribution in [3.8, 4) is 11.4 Å². The number of benzene rings is 1. The van der Waals surface area contributed by atoms with Crippen molar-refractivity contribution in [2.45, 2.75) is 31.2 Å². The van der Waals surface area contributed by atoms with Gasteiger partial charge in [-0.05, 0) is 18.1 Å². The van der Waals surface area contributed by atoms with Crippen LogP contribution in [-0.4, -0.2) is 34.2 Å². The van der Waals surface area contributed by atoms with Gasteiger partial charge in [-0.3, -0.25) is 14.7 Å². The summed E-state index contributed by atoms with van der Waals surface area (Å²) in [6, 6.07) is 8.94. The summed E-state index contributed by atoms with van der Waals surface area (Å²) in [7, 11) is 0. The highest BCUT2D eigenvalue weighted by molar-refractivity contribution is 7.98. The van der Waals surface area contributed by atoms with E-state index < -0.39 is 5.82 Å². The first-order valence-corrected chi connectivity index (χ1v) is 11.9. The summed E-state index contributed by atoms with van der Waals surface area (Å²) >= 11 is 2.65. The lowest BCUT2D eigenvalue weighted by atomic mass is 10.1. The number of rotatable bonds is 6. The maximum absolute atomic E-state index is 14.3. The number of nitrogens with zero attached hydrogens (tertiary/aromatic N) is 6. The van der Waals surface area contributed by atoms with Crippen LogP contribution in [0.25, 0.3) is 22.0 Å². The Kier molecular flexibility index (Phi) is 5.54. The first-order valence-electron chi connectivity index (χ1n) is 10.1. The average molecular weight is 484 g/mol. The summed E-state index contributed by atoms with van der Waals surface area (Å²) in [4.78, 5) is 38.3. The molecule has 5 rings (SSSR count). The van der Waals surface area contributed by atoms with Crippen molar-refractivity contribution < 1.29 is 4.39 Å². The Morgan fingerprint density at radius 1 is 1.15 bits per heavy atom. The van der Waals surface area contributed by atoms with Gasteiger partial charge in [0.2, 0.25) is 4.96 Å². The minimum atomic E-state index is -0.460. The van der Waals surface area contributed by atoms with Crippen LogP contribution in [0.4, 0.5) is 4.39 Å². The Balaban J connectivity index is 1.50.